The van der Waals surface area contributed by atoms with E-state index in [4.69, 9.17) is 4.74 Å². The number of nitrogens with zero attached hydrogens (tertiary/aromatic N) is 2. The highest BCUT2D eigenvalue weighted by Gasteiger charge is 2.18. The van der Waals surface area contributed by atoms with Crippen LogP contribution in [0.3, 0.4) is 0 Å². The highest BCUT2D eigenvalue weighted by atomic mass is 16.5. The van der Waals surface area contributed by atoms with Gasteiger partial charge in [0.1, 0.15) is 6.54 Å². The number of benzene rings is 2. The van der Waals surface area contributed by atoms with Crippen LogP contribution >= 0.6 is 0 Å². The first kappa shape index (κ1) is 20.7. The molecule has 2 N–H and O–H groups in total. The van der Waals surface area contributed by atoms with Gasteiger partial charge in [-0.25, -0.2) is 9.48 Å². The number of amides is 2. The van der Waals surface area contributed by atoms with E-state index in [1.54, 1.807) is 48.5 Å². The second-order valence-corrected chi connectivity index (χ2v) is 6.50. The molecule has 2 aromatic carbocycles. The molecule has 1 aromatic heterocycles. The summed E-state index contributed by atoms with van der Waals surface area (Å²) in [5, 5.41) is 10.0. The second-order valence-electron chi connectivity index (χ2n) is 6.50. The van der Waals surface area contributed by atoms with E-state index in [2.05, 4.69) is 15.7 Å². The van der Waals surface area contributed by atoms with E-state index in [-0.39, 0.29) is 30.1 Å². The molecule has 0 spiro atoms. The number of ether oxygens (including phenoxy) is 1. The molecular formula is C21H20N4O5. The summed E-state index contributed by atoms with van der Waals surface area (Å²) in [4.78, 5) is 48.1. The molecular weight excluding hydrogens is 388 g/mol. The molecule has 0 atom stereocenters. The van der Waals surface area contributed by atoms with Crippen LogP contribution < -0.4 is 16.2 Å². The minimum atomic E-state index is -0.695. The molecule has 0 aliphatic heterocycles. The Morgan fingerprint density at radius 3 is 2.33 bits per heavy atom. The number of fused-ring (bicyclic) bond motifs is 1. The summed E-state index contributed by atoms with van der Waals surface area (Å²) in [6.07, 6.45) is 0. The number of aromatic nitrogens is 2. The molecule has 0 unspecified atom stereocenters. The van der Waals surface area contributed by atoms with Crippen molar-refractivity contribution in [3.63, 3.8) is 0 Å². The molecule has 0 bridgehead atoms. The molecule has 9 heteroatoms. The van der Waals surface area contributed by atoms with Crippen molar-refractivity contribution in [3.8, 4) is 0 Å². The average Bonchev–Trinajstić information content (AvgIpc) is 2.74. The number of hydrogen-bond donors (Lipinski definition) is 2. The molecule has 0 saturated heterocycles. The van der Waals surface area contributed by atoms with Crippen LogP contribution in [0.4, 0.5) is 5.69 Å². The van der Waals surface area contributed by atoms with E-state index in [9.17, 15) is 19.2 Å². The molecule has 2 amide bonds. The van der Waals surface area contributed by atoms with Gasteiger partial charge in [0.25, 0.3) is 5.56 Å². The Morgan fingerprint density at radius 1 is 1.03 bits per heavy atom. The van der Waals surface area contributed by atoms with Gasteiger partial charge in [0.2, 0.25) is 11.8 Å². The zero-order chi connectivity index (χ0) is 21.7. The van der Waals surface area contributed by atoms with Crippen molar-refractivity contribution in [1.29, 1.82) is 0 Å². The lowest BCUT2D eigenvalue weighted by molar-refractivity contribution is -0.122. The van der Waals surface area contributed by atoms with E-state index in [0.717, 1.165) is 10.2 Å². The van der Waals surface area contributed by atoms with Gasteiger partial charge >= 0.3 is 5.97 Å². The molecule has 0 aliphatic carbocycles. The van der Waals surface area contributed by atoms with Crippen molar-refractivity contribution in [2.24, 2.45) is 0 Å². The Labute approximate surface area is 171 Å². The maximum Gasteiger partial charge on any atom is 0.359 e. The minimum absolute atomic E-state index is 0.0333. The quantitative estimate of drug-likeness (QED) is 0.596. The number of carbonyl (C=O) groups is 3. The lowest BCUT2D eigenvalue weighted by Crippen LogP contribution is -2.34. The summed E-state index contributed by atoms with van der Waals surface area (Å²) < 4.78 is 5.69. The monoisotopic (exact) mass is 408 g/mol. The van der Waals surface area contributed by atoms with Gasteiger partial charge in [-0.1, -0.05) is 30.3 Å². The third kappa shape index (κ3) is 4.69. The van der Waals surface area contributed by atoms with E-state index in [1.165, 1.54) is 14.0 Å². The predicted octanol–water partition coefficient (Wildman–Crippen LogP) is 1.46. The van der Waals surface area contributed by atoms with Crippen molar-refractivity contribution in [2.45, 2.75) is 20.0 Å². The molecule has 154 valence electrons. The van der Waals surface area contributed by atoms with Gasteiger partial charge in [0.15, 0.2) is 5.69 Å². The first-order valence-electron chi connectivity index (χ1n) is 9.10. The lowest BCUT2D eigenvalue weighted by atomic mass is 10.1. The van der Waals surface area contributed by atoms with E-state index >= 15 is 0 Å². The summed E-state index contributed by atoms with van der Waals surface area (Å²) in [6.45, 7) is 1.30. The zero-order valence-corrected chi connectivity index (χ0v) is 16.5. The van der Waals surface area contributed by atoms with Crippen LogP contribution in [-0.4, -0.2) is 34.7 Å². The van der Waals surface area contributed by atoms with E-state index in [1.807, 2.05) is 0 Å². The number of nitrogens with one attached hydrogen (secondary N) is 2. The molecule has 0 fully saturated rings. The van der Waals surface area contributed by atoms with Crippen molar-refractivity contribution in [1.82, 2.24) is 15.1 Å². The minimum Gasteiger partial charge on any atom is -0.464 e. The highest BCUT2D eigenvalue weighted by Crippen LogP contribution is 2.14. The van der Waals surface area contributed by atoms with Crippen LogP contribution in [0.1, 0.15) is 23.0 Å². The maximum absolute atomic E-state index is 12.7. The van der Waals surface area contributed by atoms with Gasteiger partial charge < -0.3 is 15.4 Å². The molecule has 9 nitrogen and oxygen atoms in total. The third-order valence-electron chi connectivity index (χ3n) is 4.30. The molecule has 1 heterocycles. The second kappa shape index (κ2) is 8.99. The first-order valence-corrected chi connectivity index (χ1v) is 9.10. The largest absolute Gasteiger partial charge is 0.464 e. The van der Waals surface area contributed by atoms with Crippen LogP contribution in [0.2, 0.25) is 0 Å². The van der Waals surface area contributed by atoms with Crippen molar-refractivity contribution in [3.05, 3.63) is 70.1 Å². The van der Waals surface area contributed by atoms with Crippen molar-refractivity contribution < 1.29 is 19.1 Å². The normalized spacial score (nSPS) is 10.5. The molecule has 30 heavy (non-hydrogen) atoms. The number of anilines is 1. The van der Waals surface area contributed by atoms with Gasteiger partial charge in [-0.3, -0.25) is 14.4 Å². The SMILES string of the molecule is COC(=O)c1nn(CC(=O)NCc2ccc(NC(C)=O)cc2)c(=O)c2ccccc12. The first-order chi connectivity index (χ1) is 14.4. The number of carbonyl (C=O) groups excluding carboxylic acids is 3. The predicted molar refractivity (Wildman–Crippen MR) is 110 cm³/mol. The zero-order valence-electron chi connectivity index (χ0n) is 16.5. The Kier molecular flexibility index (Phi) is 6.21. The smallest absolute Gasteiger partial charge is 0.359 e. The topological polar surface area (TPSA) is 119 Å². The molecule has 3 rings (SSSR count). The Morgan fingerprint density at radius 2 is 1.70 bits per heavy atom. The van der Waals surface area contributed by atoms with Crippen molar-refractivity contribution >= 4 is 34.2 Å². The fourth-order valence-electron chi connectivity index (χ4n) is 2.89. The van der Waals surface area contributed by atoms with E-state index < -0.39 is 17.4 Å². The van der Waals surface area contributed by atoms with Gasteiger partial charge in [0.05, 0.1) is 12.5 Å². The van der Waals surface area contributed by atoms with E-state index in [0.29, 0.717) is 11.1 Å². The lowest BCUT2D eigenvalue weighted by Gasteiger charge is -2.10. The van der Waals surface area contributed by atoms with Crippen LogP contribution in [0.25, 0.3) is 10.8 Å². The molecule has 0 radical (unpaired) electrons. The summed E-state index contributed by atoms with van der Waals surface area (Å²) in [6, 6.07) is 13.5. The van der Waals surface area contributed by atoms with Crippen LogP contribution in [0.5, 0.6) is 0 Å². The fraction of sp³-hybridized carbons (Fsp3) is 0.190. The Bertz CT molecular complexity index is 1170. The van der Waals surface area contributed by atoms with Gasteiger partial charge in [-0.2, -0.15) is 5.10 Å². The fourth-order valence-corrected chi connectivity index (χ4v) is 2.89. The summed E-state index contributed by atoms with van der Waals surface area (Å²) >= 11 is 0. The maximum atomic E-state index is 12.7. The Balaban J connectivity index is 1.75. The van der Waals surface area contributed by atoms with Crippen molar-refractivity contribution in [2.75, 3.05) is 12.4 Å². The number of methoxy groups -OCH3 is 1. The van der Waals surface area contributed by atoms with Gasteiger partial charge in [0, 0.05) is 24.5 Å². The molecule has 3 aromatic rings. The molecule has 0 saturated carbocycles. The van der Waals surface area contributed by atoms with Gasteiger partial charge in [-0.05, 0) is 23.8 Å². The Hall–Kier alpha value is -4.01. The third-order valence-corrected chi connectivity index (χ3v) is 4.30. The standard InChI is InChI=1S/C21H20N4O5/c1-13(26)23-15-9-7-14(8-10-15)11-22-18(27)12-25-20(28)17-6-4-3-5-16(17)19(24-25)21(29)30-2/h3-10H,11-12H2,1-2H3,(H,22,27)(H,23,26). The average molecular weight is 408 g/mol. The van der Waals surface area contributed by atoms with Crippen LogP contribution in [-0.2, 0) is 27.4 Å². The molecule has 0 aliphatic rings. The summed E-state index contributed by atoms with van der Waals surface area (Å²) in [7, 11) is 1.22. The van der Waals surface area contributed by atoms with Crippen LogP contribution in [0, 0.1) is 0 Å². The summed E-state index contributed by atoms with van der Waals surface area (Å²) in [5.41, 5.74) is 0.952. The number of hydrogen-bond acceptors (Lipinski definition) is 6. The number of rotatable bonds is 6. The van der Waals surface area contributed by atoms with Gasteiger partial charge in [-0.15, -0.1) is 0 Å². The van der Waals surface area contributed by atoms with Crippen LogP contribution in [0.15, 0.2) is 53.3 Å². The highest BCUT2D eigenvalue weighted by molar-refractivity contribution is 6.02. The number of esters is 1. The summed E-state index contributed by atoms with van der Waals surface area (Å²) in [5.74, 6) is -1.31.